The Hall–Kier alpha value is -1.22. The van der Waals surface area contributed by atoms with E-state index in [1.54, 1.807) is 35.3 Å². The van der Waals surface area contributed by atoms with E-state index >= 15 is 0 Å². The van der Waals surface area contributed by atoms with E-state index in [4.69, 9.17) is 0 Å². The molecule has 0 aliphatic carbocycles. The molecule has 0 aliphatic rings. The van der Waals surface area contributed by atoms with Crippen LogP contribution < -0.4 is 0 Å². The topological polar surface area (TPSA) is 25.8 Å². The lowest BCUT2D eigenvalue weighted by Crippen LogP contribution is -1.75. The molecular weight excluding hydrogens is 156 g/mol. The van der Waals surface area contributed by atoms with Crippen molar-refractivity contribution < 1.29 is 0 Å². The summed E-state index contributed by atoms with van der Waals surface area (Å²) < 4.78 is 0. The van der Waals surface area contributed by atoms with Gasteiger partial charge in [-0.1, -0.05) is 0 Å². The van der Waals surface area contributed by atoms with E-state index in [1.807, 2.05) is 6.07 Å². The summed E-state index contributed by atoms with van der Waals surface area (Å²) in [4.78, 5) is 9.21. The second-order valence-electron chi connectivity index (χ2n) is 2.01. The monoisotopic (exact) mass is 161 g/mol. The Morgan fingerprint density at radius 1 is 1.45 bits per heavy atom. The minimum Gasteiger partial charge on any atom is -0.255 e. The number of hydrogen-bond acceptors (Lipinski definition) is 3. The van der Waals surface area contributed by atoms with Gasteiger partial charge in [-0.05, 0) is 18.2 Å². The van der Waals surface area contributed by atoms with Crippen LogP contribution in [0, 0.1) is 6.07 Å². The molecule has 11 heavy (non-hydrogen) atoms. The molecule has 0 fully saturated rings. The number of aromatic nitrogens is 2. The van der Waals surface area contributed by atoms with Gasteiger partial charge >= 0.3 is 0 Å². The molecular formula is C8H5N2S. The van der Waals surface area contributed by atoms with E-state index in [2.05, 4.69) is 16.0 Å². The van der Waals surface area contributed by atoms with Crippen molar-refractivity contribution in [2.45, 2.75) is 0 Å². The molecule has 0 bridgehead atoms. The predicted molar refractivity (Wildman–Crippen MR) is 44.2 cm³/mol. The van der Waals surface area contributed by atoms with E-state index in [0.717, 1.165) is 10.6 Å². The minimum absolute atomic E-state index is 0.940. The molecule has 3 heteroatoms. The zero-order valence-corrected chi connectivity index (χ0v) is 6.51. The molecule has 53 valence electrons. The summed E-state index contributed by atoms with van der Waals surface area (Å²) in [6.45, 7) is 0. The summed E-state index contributed by atoms with van der Waals surface area (Å²) >= 11 is 1.58. The summed E-state index contributed by atoms with van der Waals surface area (Å²) in [5.74, 6) is 0. The van der Waals surface area contributed by atoms with Crippen LogP contribution in [0.5, 0.6) is 0 Å². The van der Waals surface area contributed by atoms with Gasteiger partial charge in [0.1, 0.15) is 0 Å². The van der Waals surface area contributed by atoms with Crippen LogP contribution in [-0.4, -0.2) is 9.97 Å². The maximum atomic E-state index is 4.16. The van der Waals surface area contributed by atoms with Crippen LogP contribution in [0.1, 0.15) is 0 Å². The van der Waals surface area contributed by atoms with Crippen LogP contribution in [0.15, 0.2) is 30.0 Å². The summed E-state index contributed by atoms with van der Waals surface area (Å²) in [6, 6.07) is 6.60. The van der Waals surface area contributed by atoms with Gasteiger partial charge in [-0.3, -0.25) is 9.97 Å². The van der Waals surface area contributed by atoms with Crippen LogP contribution in [0.2, 0.25) is 0 Å². The number of thiazole rings is 1. The molecule has 2 nitrogen and oxygen atoms in total. The van der Waals surface area contributed by atoms with Gasteiger partial charge in [-0.25, -0.2) is 0 Å². The first-order valence-electron chi connectivity index (χ1n) is 3.18. The van der Waals surface area contributed by atoms with Crippen LogP contribution in [0.3, 0.4) is 0 Å². The third kappa shape index (κ3) is 1.28. The fourth-order valence-electron chi connectivity index (χ4n) is 0.802. The van der Waals surface area contributed by atoms with E-state index < -0.39 is 0 Å². The molecule has 2 rings (SSSR count). The third-order valence-corrected chi connectivity index (χ3v) is 2.08. The number of rotatable bonds is 1. The first kappa shape index (κ1) is 6.49. The molecule has 0 amide bonds. The van der Waals surface area contributed by atoms with Gasteiger partial charge < -0.3 is 0 Å². The molecule has 0 spiro atoms. The van der Waals surface area contributed by atoms with Crippen molar-refractivity contribution in [3.05, 3.63) is 36.1 Å². The number of pyridine rings is 1. The Morgan fingerprint density at radius 3 is 3.09 bits per heavy atom. The van der Waals surface area contributed by atoms with Crippen molar-refractivity contribution in [1.82, 2.24) is 9.97 Å². The molecule has 2 aromatic heterocycles. The van der Waals surface area contributed by atoms with Gasteiger partial charge in [0.05, 0.1) is 16.1 Å². The fourth-order valence-corrected chi connectivity index (χ4v) is 1.39. The first-order valence-corrected chi connectivity index (χ1v) is 4.06. The molecule has 0 aliphatic heterocycles. The molecule has 0 atom stereocenters. The summed E-state index contributed by atoms with van der Waals surface area (Å²) in [5.41, 5.74) is 2.74. The van der Waals surface area contributed by atoms with Crippen molar-refractivity contribution in [2.24, 2.45) is 0 Å². The molecule has 2 aromatic rings. The maximum absolute atomic E-state index is 4.16. The SMILES string of the molecule is [c]1ccnc(-c2cncs2)c1. The van der Waals surface area contributed by atoms with Crippen LogP contribution >= 0.6 is 11.3 Å². The predicted octanol–water partition coefficient (Wildman–Crippen LogP) is 2.01. The average Bonchev–Trinajstić information content (AvgIpc) is 2.58. The van der Waals surface area contributed by atoms with E-state index in [1.165, 1.54) is 0 Å². The normalized spacial score (nSPS) is 9.82. The van der Waals surface area contributed by atoms with Crippen molar-refractivity contribution >= 4 is 11.3 Å². The summed E-state index contributed by atoms with van der Waals surface area (Å²) in [6.07, 6.45) is 3.54. The Morgan fingerprint density at radius 2 is 2.45 bits per heavy atom. The smallest absolute Gasteiger partial charge is 0.0824 e. The molecule has 0 saturated carbocycles. The lowest BCUT2D eigenvalue weighted by molar-refractivity contribution is 1.32. The lowest BCUT2D eigenvalue weighted by atomic mass is 10.3. The van der Waals surface area contributed by atoms with Crippen LogP contribution in [0.4, 0.5) is 0 Å². The van der Waals surface area contributed by atoms with E-state index in [9.17, 15) is 0 Å². The molecule has 2 heterocycles. The third-order valence-electron chi connectivity index (χ3n) is 1.29. The zero-order chi connectivity index (χ0) is 7.52. The van der Waals surface area contributed by atoms with Gasteiger partial charge in [0, 0.05) is 12.4 Å². The number of nitrogens with zero attached hydrogens (tertiary/aromatic N) is 2. The second kappa shape index (κ2) is 2.80. The number of hydrogen-bond donors (Lipinski definition) is 0. The highest BCUT2D eigenvalue weighted by Crippen LogP contribution is 2.19. The Bertz CT molecular complexity index is 315. The van der Waals surface area contributed by atoms with Crippen LogP contribution in [0.25, 0.3) is 10.6 Å². The summed E-state index contributed by atoms with van der Waals surface area (Å²) in [7, 11) is 0. The van der Waals surface area contributed by atoms with E-state index in [-0.39, 0.29) is 0 Å². The highest BCUT2D eigenvalue weighted by molar-refractivity contribution is 7.13. The van der Waals surface area contributed by atoms with Gasteiger partial charge in [0.25, 0.3) is 0 Å². The van der Waals surface area contributed by atoms with Gasteiger partial charge in [0.2, 0.25) is 0 Å². The quantitative estimate of drug-likeness (QED) is 0.639. The Balaban J connectivity index is 2.46. The van der Waals surface area contributed by atoms with Gasteiger partial charge in [0.15, 0.2) is 0 Å². The van der Waals surface area contributed by atoms with Crippen molar-refractivity contribution in [3.63, 3.8) is 0 Å². The van der Waals surface area contributed by atoms with Gasteiger partial charge in [-0.15, -0.1) is 11.3 Å². The first-order chi connectivity index (χ1) is 5.47. The highest BCUT2D eigenvalue weighted by Gasteiger charge is 1.97. The van der Waals surface area contributed by atoms with E-state index in [0.29, 0.717) is 0 Å². The molecule has 0 unspecified atom stereocenters. The Kier molecular flexibility index (Phi) is 1.65. The molecule has 0 saturated heterocycles. The Labute approximate surface area is 68.6 Å². The van der Waals surface area contributed by atoms with Gasteiger partial charge in [-0.2, -0.15) is 0 Å². The summed E-state index contributed by atoms with van der Waals surface area (Å²) in [5, 5.41) is 0. The second-order valence-corrected chi connectivity index (χ2v) is 2.89. The largest absolute Gasteiger partial charge is 0.255 e. The average molecular weight is 161 g/mol. The van der Waals surface area contributed by atoms with Crippen molar-refractivity contribution in [1.29, 1.82) is 0 Å². The standard InChI is InChI=1S/C8H5N2S/c1-2-4-10-7(3-1)8-5-9-6-11-8/h2-6H. The van der Waals surface area contributed by atoms with Crippen LogP contribution in [-0.2, 0) is 0 Å². The maximum Gasteiger partial charge on any atom is 0.0824 e. The zero-order valence-electron chi connectivity index (χ0n) is 5.69. The molecule has 0 N–H and O–H groups in total. The van der Waals surface area contributed by atoms with Crippen molar-refractivity contribution in [3.8, 4) is 10.6 Å². The highest BCUT2D eigenvalue weighted by atomic mass is 32.1. The fraction of sp³-hybridized carbons (Fsp3) is 0. The molecule has 1 radical (unpaired) electrons. The lowest BCUT2D eigenvalue weighted by Gasteiger charge is -1.90. The minimum atomic E-state index is 0.940. The molecule has 0 aromatic carbocycles. The van der Waals surface area contributed by atoms with Crippen molar-refractivity contribution in [2.75, 3.05) is 0 Å².